The molecule has 6 heteroatoms. The highest BCUT2D eigenvalue weighted by Crippen LogP contribution is 2.23. The monoisotopic (exact) mass is 255 g/mol. The van der Waals surface area contributed by atoms with Crippen LogP contribution in [0.3, 0.4) is 0 Å². The molecule has 3 aromatic rings. The van der Waals surface area contributed by atoms with Gasteiger partial charge in [0.2, 0.25) is 0 Å². The average molecular weight is 255 g/mol. The van der Waals surface area contributed by atoms with Gasteiger partial charge in [-0.15, -0.1) is 0 Å². The van der Waals surface area contributed by atoms with Crippen molar-refractivity contribution in [3.8, 4) is 17.3 Å². The van der Waals surface area contributed by atoms with E-state index in [0.29, 0.717) is 17.0 Å². The molecule has 0 spiro atoms. The Kier molecular flexibility index (Phi) is 2.42. The van der Waals surface area contributed by atoms with E-state index < -0.39 is 5.97 Å². The van der Waals surface area contributed by atoms with Gasteiger partial charge in [-0.3, -0.25) is 9.38 Å². The summed E-state index contributed by atoms with van der Waals surface area (Å²) in [7, 11) is 0. The number of fused-ring (bicyclic) bond motifs is 1. The molecule has 3 rings (SSSR count). The molecule has 0 bridgehead atoms. The van der Waals surface area contributed by atoms with E-state index >= 15 is 0 Å². The molecule has 0 aliphatic heterocycles. The average Bonchev–Trinajstić information content (AvgIpc) is 2.78. The fraction of sp³-hybridized carbons (Fsp3) is 0. The second-order valence-electron chi connectivity index (χ2n) is 3.94. The number of aromatic nitrogens is 3. The highest BCUT2D eigenvalue weighted by Gasteiger charge is 2.18. The van der Waals surface area contributed by atoms with E-state index in [1.165, 1.54) is 12.1 Å². The van der Waals surface area contributed by atoms with Crippen LogP contribution in [-0.2, 0) is 0 Å². The molecule has 0 aromatic carbocycles. The van der Waals surface area contributed by atoms with Gasteiger partial charge in [0.05, 0.1) is 5.52 Å². The first-order valence-corrected chi connectivity index (χ1v) is 5.52. The summed E-state index contributed by atoms with van der Waals surface area (Å²) < 4.78 is 1.59. The van der Waals surface area contributed by atoms with Crippen molar-refractivity contribution < 1.29 is 15.0 Å². The fourth-order valence-electron chi connectivity index (χ4n) is 1.91. The van der Waals surface area contributed by atoms with Crippen LogP contribution in [0.1, 0.15) is 10.5 Å². The molecule has 0 saturated carbocycles. The Balaban J connectivity index is 2.35. The molecule has 94 valence electrons. The Hall–Kier alpha value is -2.89. The van der Waals surface area contributed by atoms with Crippen LogP contribution in [-0.4, -0.2) is 30.6 Å². The Morgan fingerprint density at radius 2 is 2.11 bits per heavy atom. The van der Waals surface area contributed by atoms with Crippen molar-refractivity contribution in [3.05, 3.63) is 48.4 Å². The molecule has 0 aliphatic carbocycles. The summed E-state index contributed by atoms with van der Waals surface area (Å²) in [6.07, 6.45) is 3.17. The van der Waals surface area contributed by atoms with Crippen molar-refractivity contribution in [2.45, 2.75) is 0 Å². The maximum Gasteiger partial charge on any atom is 0.356 e. The second-order valence-corrected chi connectivity index (χ2v) is 3.94. The maximum absolute atomic E-state index is 11.2. The molecule has 0 fully saturated rings. The molecule has 0 unspecified atom stereocenters. The van der Waals surface area contributed by atoms with Crippen LogP contribution in [0.2, 0.25) is 0 Å². The Bertz CT molecular complexity index is 765. The lowest BCUT2D eigenvalue weighted by molar-refractivity contribution is 0.0693. The number of nitrogens with zero attached hydrogens (tertiary/aromatic N) is 3. The van der Waals surface area contributed by atoms with Gasteiger partial charge in [0.15, 0.2) is 11.5 Å². The zero-order valence-electron chi connectivity index (χ0n) is 9.69. The minimum atomic E-state index is -1.15. The molecule has 19 heavy (non-hydrogen) atoms. The van der Waals surface area contributed by atoms with Gasteiger partial charge >= 0.3 is 5.97 Å². The highest BCUT2D eigenvalue weighted by molar-refractivity contribution is 5.95. The first-order chi connectivity index (χ1) is 9.16. The number of aromatic hydroxyl groups is 1. The summed E-state index contributed by atoms with van der Waals surface area (Å²) in [6, 6.07) is 8.14. The Morgan fingerprint density at radius 3 is 2.79 bits per heavy atom. The number of hydrogen-bond donors (Lipinski definition) is 2. The molecule has 2 N–H and O–H groups in total. The number of carboxylic acid groups (broad SMARTS) is 1. The minimum absolute atomic E-state index is 0.0116. The maximum atomic E-state index is 11.2. The van der Waals surface area contributed by atoms with Crippen LogP contribution in [0.4, 0.5) is 0 Å². The van der Waals surface area contributed by atoms with Gasteiger partial charge in [-0.25, -0.2) is 9.78 Å². The lowest BCUT2D eigenvalue weighted by Crippen LogP contribution is -1.97. The zero-order chi connectivity index (χ0) is 13.4. The van der Waals surface area contributed by atoms with Crippen molar-refractivity contribution >= 4 is 11.5 Å². The third-order valence-electron chi connectivity index (χ3n) is 2.72. The minimum Gasteiger partial charge on any atom is -0.508 e. The first-order valence-electron chi connectivity index (χ1n) is 5.52. The highest BCUT2D eigenvalue weighted by atomic mass is 16.4. The van der Waals surface area contributed by atoms with E-state index in [9.17, 15) is 9.90 Å². The van der Waals surface area contributed by atoms with Crippen molar-refractivity contribution in [2.75, 3.05) is 0 Å². The topological polar surface area (TPSA) is 87.7 Å². The molecular weight excluding hydrogens is 246 g/mol. The Morgan fingerprint density at radius 1 is 1.26 bits per heavy atom. The van der Waals surface area contributed by atoms with E-state index in [2.05, 4.69) is 9.97 Å². The van der Waals surface area contributed by atoms with Crippen molar-refractivity contribution in [1.29, 1.82) is 0 Å². The Labute approximate surface area is 107 Å². The van der Waals surface area contributed by atoms with Gasteiger partial charge < -0.3 is 10.2 Å². The summed E-state index contributed by atoms with van der Waals surface area (Å²) in [6.45, 7) is 0. The van der Waals surface area contributed by atoms with Crippen LogP contribution in [0.25, 0.3) is 17.0 Å². The molecule has 3 aromatic heterocycles. The SMILES string of the molecule is O=C(O)c1nc(-c2ccccn2)n2ccc(O)cc12. The van der Waals surface area contributed by atoms with Crippen LogP contribution in [0.15, 0.2) is 42.7 Å². The molecule has 0 amide bonds. The molecule has 0 aliphatic rings. The number of hydrogen-bond acceptors (Lipinski definition) is 4. The first kappa shape index (κ1) is 11.2. The fourth-order valence-corrected chi connectivity index (χ4v) is 1.91. The molecular formula is C13H9N3O3. The number of carboxylic acids is 1. The van der Waals surface area contributed by atoms with Gasteiger partial charge in [-0.2, -0.15) is 0 Å². The van der Waals surface area contributed by atoms with Gasteiger partial charge in [0.25, 0.3) is 0 Å². The molecule has 3 heterocycles. The van der Waals surface area contributed by atoms with E-state index in [1.54, 1.807) is 35.0 Å². The quantitative estimate of drug-likeness (QED) is 0.729. The number of rotatable bonds is 2. The van der Waals surface area contributed by atoms with Crippen molar-refractivity contribution in [3.63, 3.8) is 0 Å². The standard InChI is InChI=1S/C13H9N3O3/c17-8-4-6-16-10(7-8)11(13(18)19)15-12(16)9-3-1-2-5-14-9/h1-7,17H,(H,18,19). The third kappa shape index (κ3) is 1.79. The summed E-state index contributed by atoms with van der Waals surface area (Å²) in [5, 5.41) is 18.6. The predicted molar refractivity (Wildman–Crippen MR) is 67.0 cm³/mol. The van der Waals surface area contributed by atoms with E-state index in [4.69, 9.17) is 5.11 Å². The van der Waals surface area contributed by atoms with Crippen LogP contribution < -0.4 is 0 Å². The molecule has 0 saturated heterocycles. The van der Waals surface area contributed by atoms with Gasteiger partial charge in [0.1, 0.15) is 11.4 Å². The third-order valence-corrected chi connectivity index (χ3v) is 2.72. The van der Waals surface area contributed by atoms with E-state index in [1.807, 2.05) is 0 Å². The molecule has 0 atom stereocenters. The lowest BCUT2D eigenvalue weighted by Gasteiger charge is -2.00. The van der Waals surface area contributed by atoms with E-state index in [0.717, 1.165) is 0 Å². The van der Waals surface area contributed by atoms with Gasteiger partial charge in [-0.1, -0.05) is 6.07 Å². The van der Waals surface area contributed by atoms with E-state index in [-0.39, 0.29) is 11.4 Å². The van der Waals surface area contributed by atoms with Crippen LogP contribution >= 0.6 is 0 Å². The summed E-state index contributed by atoms with van der Waals surface area (Å²) >= 11 is 0. The van der Waals surface area contributed by atoms with Crippen LogP contribution in [0.5, 0.6) is 5.75 Å². The van der Waals surface area contributed by atoms with Gasteiger partial charge in [0, 0.05) is 18.5 Å². The largest absolute Gasteiger partial charge is 0.508 e. The van der Waals surface area contributed by atoms with Gasteiger partial charge in [-0.05, 0) is 18.2 Å². The number of aromatic carboxylic acids is 1. The predicted octanol–water partition coefficient (Wildman–Crippen LogP) is 1.80. The van der Waals surface area contributed by atoms with Crippen LogP contribution in [0, 0.1) is 0 Å². The number of imidazole rings is 1. The smallest absolute Gasteiger partial charge is 0.356 e. The zero-order valence-corrected chi connectivity index (χ0v) is 9.69. The second kappa shape index (κ2) is 4.09. The normalized spacial score (nSPS) is 10.7. The summed E-state index contributed by atoms with van der Waals surface area (Å²) in [5.74, 6) is -0.735. The molecule has 0 radical (unpaired) electrons. The molecule has 6 nitrogen and oxygen atoms in total. The summed E-state index contributed by atoms with van der Waals surface area (Å²) in [4.78, 5) is 19.4. The van der Waals surface area contributed by atoms with Crippen molar-refractivity contribution in [2.24, 2.45) is 0 Å². The number of pyridine rings is 2. The van der Waals surface area contributed by atoms with Crippen molar-refractivity contribution in [1.82, 2.24) is 14.4 Å². The lowest BCUT2D eigenvalue weighted by atomic mass is 10.3. The number of carbonyl (C=O) groups is 1. The summed E-state index contributed by atoms with van der Waals surface area (Å²) in [5.41, 5.74) is 0.778.